The molecule has 0 saturated carbocycles. The summed E-state index contributed by atoms with van der Waals surface area (Å²) >= 11 is 0. The van der Waals surface area contributed by atoms with Crippen molar-refractivity contribution in [2.24, 2.45) is 5.73 Å². The van der Waals surface area contributed by atoms with Crippen LogP contribution in [0, 0.1) is 0 Å². The minimum absolute atomic E-state index is 0.183. The Kier molecular flexibility index (Phi) is 3.51. The van der Waals surface area contributed by atoms with Crippen molar-refractivity contribution >= 4 is 5.91 Å². The van der Waals surface area contributed by atoms with Crippen LogP contribution in [0.4, 0.5) is 0 Å². The molecule has 6 heteroatoms. The SMILES string of the molecule is NC1CCN(C(=O)CCn2cncn2)CC1. The van der Waals surface area contributed by atoms with E-state index in [0.29, 0.717) is 13.0 Å². The van der Waals surface area contributed by atoms with Gasteiger partial charge in [0.15, 0.2) is 0 Å². The van der Waals surface area contributed by atoms with Gasteiger partial charge in [0, 0.05) is 25.6 Å². The zero-order valence-electron chi connectivity index (χ0n) is 9.25. The van der Waals surface area contributed by atoms with Crippen molar-refractivity contribution in [3.05, 3.63) is 12.7 Å². The molecule has 2 heterocycles. The van der Waals surface area contributed by atoms with E-state index in [2.05, 4.69) is 10.1 Å². The van der Waals surface area contributed by atoms with E-state index in [1.807, 2.05) is 4.90 Å². The quantitative estimate of drug-likeness (QED) is 0.757. The van der Waals surface area contributed by atoms with E-state index < -0.39 is 0 Å². The highest BCUT2D eigenvalue weighted by Gasteiger charge is 2.19. The molecule has 1 aromatic heterocycles. The van der Waals surface area contributed by atoms with Crippen LogP contribution >= 0.6 is 0 Å². The normalized spacial score (nSPS) is 17.7. The molecule has 0 spiro atoms. The number of hydrogen-bond donors (Lipinski definition) is 1. The summed E-state index contributed by atoms with van der Waals surface area (Å²) < 4.78 is 1.67. The number of nitrogens with zero attached hydrogens (tertiary/aromatic N) is 4. The van der Waals surface area contributed by atoms with Gasteiger partial charge in [0.05, 0.1) is 6.54 Å². The number of nitrogens with two attached hydrogens (primary N) is 1. The van der Waals surface area contributed by atoms with Crippen LogP contribution in [0.15, 0.2) is 12.7 Å². The van der Waals surface area contributed by atoms with Gasteiger partial charge in [0.1, 0.15) is 12.7 Å². The molecule has 2 rings (SSSR count). The third kappa shape index (κ3) is 2.79. The van der Waals surface area contributed by atoms with Gasteiger partial charge < -0.3 is 10.6 Å². The summed E-state index contributed by atoms with van der Waals surface area (Å²) in [6.07, 6.45) is 5.41. The van der Waals surface area contributed by atoms with Gasteiger partial charge in [-0.25, -0.2) is 4.98 Å². The molecule has 1 saturated heterocycles. The number of aryl methyl sites for hydroxylation is 1. The van der Waals surface area contributed by atoms with Crippen molar-refractivity contribution in [2.45, 2.75) is 31.8 Å². The molecule has 0 unspecified atom stereocenters. The lowest BCUT2D eigenvalue weighted by Crippen LogP contribution is -2.43. The second-order valence-electron chi connectivity index (χ2n) is 4.13. The molecule has 1 fully saturated rings. The van der Waals surface area contributed by atoms with Crippen LogP contribution in [-0.4, -0.2) is 44.7 Å². The first-order valence-electron chi connectivity index (χ1n) is 5.61. The van der Waals surface area contributed by atoms with Crippen molar-refractivity contribution in [2.75, 3.05) is 13.1 Å². The Labute approximate surface area is 94.4 Å². The van der Waals surface area contributed by atoms with E-state index in [0.717, 1.165) is 25.9 Å². The van der Waals surface area contributed by atoms with Gasteiger partial charge in [-0.2, -0.15) is 5.10 Å². The summed E-state index contributed by atoms with van der Waals surface area (Å²) in [5.74, 6) is 0.183. The Morgan fingerprint density at radius 1 is 1.44 bits per heavy atom. The predicted molar refractivity (Wildman–Crippen MR) is 58.4 cm³/mol. The van der Waals surface area contributed by atoms with E-state index in [1.54, 1.807) is 11.0 Å². The zero-order chi connectivity index (χ0) is 11.4. The van der Waals surface area contributed by atoms with Gasteiger partial charge in [0.25, 0.3) is 0 Å². The van der Waals surface area contributed by atoms with Crippen LogP contribution in [-0.2, 0) is 11.3 Å². The highest BCUT2D eigenvalue weighted by Crippen LogP contribution is 2.09. The van der Waals surface area contributed by atoms with Gasteiger partial charge in [-0.3, -0.25) is 9.48 Å². The highest BCUT2D eigenvalue weighted by atomic mass is 16.2. The Bertz CT molecular complexity index is 329. The van der Waals surface area contributed by atoms with Gasteiger partial charge in [0.2, 0.25) is 5.91 Å². The third-order valence-electron chi connectivity index (χ3n) is 2.91. The predicted octanol–water partition coefficient (Wildman–Crippen LogP) is -0.382. The maximum atomic E-state index is 11.8. The monoisotopic (exact) mass is 223 g/mol. The number of hydrogen-bond acceptors (Lipinski definition) is 4. The van der Waals surface area contributed by atoms with Gasteiger partial charge in [-0.05, 0) is 12.8 Å². The fourth-order valence-electron chi connectivity index (χ4n) is 1.87. The van der Waals surface area contributed by atoms with Gasteiger partial charge in [-0.15, -0.1) is 0 Å². The number of carbonyl (C=O) groups excluding carboxylic acids is 1. The molecule has 0 atom stereocenters. The molecule has 16 heavy (non-hydrogen) atoms. The fourth-order valence-corrected chi connectivity index (χ4v) is 1.87. The van der Waals surface area contributed by atoms with Crippen molar-refractivity contribution < 1.29 is 4.79 Å². The fraction of sp³-hybridized carbons (Fsp3) is 0.700. The molecule has 1 aliphatic rings. The standard InChI is InChI=1S/C10H17N5O/c11-9-1-4-14(5-2-9)10(16)3-6-15-8-12-7-13-15/h7-9H,1-6,11H2. The molecule has 0 aliphatic carbocycles. The lowest BCUT2D eigenvalue weighted by atomic mass is 10.1. The average Bonchev–Trinajstić information content (AvgIpc) is 2.80. The smallest absolute Gasteiger partial charge is 0.224 e. The van der Waals surface area contributed by atoms with Crippen molar-refractivity contribution in [1.82, 2.24) is 19.7 Å². The molecule has 6 nitrogen and oxygen atoms in total. The van der Waals surface area contributed by atoms with Crippen molar-refractivity contribution in [1.29, 1.82) is 0 Å². The maximum Gasteiger partial charge on any atom is 0.224 e. The minimum Gasteiger partial charge on any atom is -0.343 e. The molecule has 2 N–H and O–H groups in total. The van der Waals surface area contributed by atoms with Crippen molar-refractivity contribution in [3.8, 4) is 0 Å². The van der Waals surface area contributed by atoms with Crippen LogP contribution in [0.2, 0.25) is 0 Å². The average molecular weight is 223 g/mol. The first-order chi connectivity index (χ1) is 7.75. The molecular formula is C10H17N5O. The largest absolute Gasteiger partial charge is 0.343 e. The molecule has 88 valence electrons. The topological polar surface area (TPSA) is 77.0 Å². The first-order valence-corrected chi connectivity index (χ1v) is 5.61. The van der Waals surface area contributed by atoms with Crippen molar-refractivity contribution in [3.63, 3.8) is 0 Å². The number of aromatic nitrogens is 3. The molecule has 1 aliphatic heterocycles. The lowest BCUT2D eigenvalue weighted by Gasteiger charge is -2.30. The first kappa shape index (κ1) is 11.1. The molecule has 1 amide bonds. The molecule has 0 aromatic carbocycles. The molecule has 1 aromatic rings. The van der Waals surface area contributed by atoms with E-state index in [4.69, 9.17) is 5.73 Å². The summed E-state index contributed by atoms with van der Waals surface area (Å²) in [6, 6.07) is 0.263. The number of carbonyl (C=O) groups is 1. The summed E-state index contributed by atoms with van der Waals surface area (Å²) in [7, 11) is 0. The third-order valence-corrected chi connectivity index (χ3v) is 2.91. The molecule has 0 bridgehead atoms. The Morgan fingerprint density at radius 3 is 2.81 bits per heavy atom. The van der Waals surface area contributed by atoms with Gasteiger partial charge in [-0.1, -0.05) is 0 Å². The van der Waals surface area contributed by atoms with E-state index >= 15 is 0 Å². The lowest BCUT2D eigenvalue weighted by molar-refractivity contribution is -0.132. The number of amides is 1. The Hall–Kier alpha value is -1.43. The second kappa shape index (κ2) is 5.07. The Morgan fingerprint density at radius 2 is 2.19 bits per heavy atom. The molecule has 0 radical (unpaired) electrons. The van der Waals surface area contributed by atoms with E-state index in [9.17, 15) is 4.79 Å². The number of piperidine rings is 1. The highest BCUT2D eigenvalue weighted by molar-refractivity contribution is 5.76. The molecular weight excluding hydrogens is 206 g/mol. The van der Waals surface area contributed by atoms with Crippen LogP contribution in [0.1, 0.15) is 19.3 Å². The summed E-state index contributed by atoms with van der Waals surface area (Å²) in [5, 5.41) is 3.96. The van der Waals surface area contributed by atoms with Crippen LogP contribution in [0.25, 0.3) is 0 Å². The Balaban J connectivity index is 1.75. The number of likely N-dealkylation sites (tertiary alicyclic amines) is 1. The summed E-state index contributed by atoms with van der Waals surface area (Å²) in [6.45, 7) is 2.18. The van der Waals surface area contributed by atoms with Gasteiger partial charge >= 0.3 is 0 Å². The van der Waals surface area contributed by atoms with Crippen LogP contribution in [0.3, 0.4) is 0 Å². The second-order valence-corrected chi connectivity index (χ2v) is 4.13. The zero-order valence-corrected chi connectivity index (χ0v) is 9.25. The summed E-state index contributed by atoms with van der Waals surface area (Å²) in [5.41, 5.74) is 5.79. The van der Waals surface area contributed by atoms with Crippen LogP contribution < -0.4 is 5.73 Å². The van der Waals surface area contributed by atoms with E-state index in [1.165, 1.54) is 6.33 Å². The number of rotatable bonds is 3. The minimum atomic E-state index is 0.183. The van der Waals surface area contributed by atoms with Crippen LogP contribution in [0.5, 0.6) is 0 Å². The summed E-state index contributed by atoms with van der Waals surface area (Å²) in [4.78, 5) is 17.5. The van der Waals surface area contributed by atoms with E-state index in [-0.39, 0.29) is 11.9 Å². The maximum absolute atomic E-state index is 11.8.